The van der Waals surface area contributed by atoms with Crippen molar-refractivity contribution in [3.8, 4) is 11.5 Å². The lowest BCUT2D eigenvalue weighted by atomic mass is 10.5. The lowest BCUT2D eigenvalue weighted by molar-refractivity contribution is 0.408. The van der Waals surface area contributed by atoms with Gasteiger partial charge in [-0.1, -0.05) is 0 Å². The summed E-state index contributed by atoms with van der Waals surface area (Å²) in [7, 11) is 0. The van der Waals surface area contributed by atoms with Gasteiger partial charge in [0.05, 0.1) is 0 Å². The van der Waals surface area contributed by atoms with Crippen molar-refractivity contribution in [2.24, 2.45) is 16.0 Å². The summed E-state index contributed by atoms with van der Waals surface area (Å²) >= 11 is 0. The maximum absolute atomic E-state index is 9.00. The minimum absolute atomic E-state index is 0.0392. The van der Waals surface area contributed by atoms with Crippen LogP contribution in [0.2, 0.25) is 0 Å². The van der Waals surface area contributed by atoms with Crippen LogP contribution in [-0.4, -0.2) is 21.2 Å². The number of guanidine groups is 1. The Morgan fingerprint density at radius 1 is 1.58 bits per heavy atom. The van der Waals surface area contributed by atoms with Crippen LogP contribution in [0.15, 0.2) is 16.4 Å². The van der Waals surface area contributed by atoms with Crippen LogP contribution in [0.3, 0.4) is 0 Å². The Hall–Kier alpha value is -2.05. The Morgan fingerprint density at radius 2 is 2.25 bits per heavy atom. The van der Waals surface area contributed by atoms with Crippen molar-refractivity contribution in [1.29, 1.82) is 5.41 Å². The summed E-state index contributed by atoms with van der Waals surface area (Å²) in [4.78, 5) is 2.42. The van der Waals surface area contributed by atoms with Crippen molar-refractivity contribution < 1.29 is 10.2 Å². The average Bonchev–Trinajstić information content (AvgIpc) is 2.30. The highest BCUT2D eigenvalue weighted by Gasteiger charge is 2.06. The molecule has 0 saturated carbocycles. The Labute approximate surface area is 67.1 Å². The van der Waals surface area contributed by atoms with Crippen molar-refractivity contribution >= 4 is 11.8 Å². The summed E-state index contributed by atoms with van der Waals surface area (Å²) in [5.41, 5.74) is 4.86. The third-order valence-corrected chi connectivity index (χ3v) is 1.07. The van der Waals surface area contributed by atoms with Gasteiger partial charge in [-0.05, 0) is 0 Å². The normalized spacial score (nSPS) is 10.7. The molecule has 0 spiro atoms. The van der Waals surface area contributed by atoms with E-state index in [-0.39, 0.29) is 11.6 Å². The molecule has 64 valence electrons. The number of hydrogen-bond donors (Lipinski definition) is 5. The molecule has 0 aliphatic rings. The molecular weight excluding hydrogens is 162 g/mol. The molecular formula is C5H7N5O2. The number of rotatable bonds is 1. The summed E-state index contributed by atoms with van der Waals surface area (Å²) < 4.78 is 0. The van der Waals surface area contributed by atoms with Crippen LogP contribution in [0.4, 0.5) is 5.82 Å². The van der Waals surface area contributed by atoms with E-state index in [1.54, 1.807) is 0 Å². The number of aromatic nitrogens is 1. The van der Waals surface area contributed by atoms with Crippen LogP contribution in [0.5, 0.6) is 11.5 Å². The molecule has 0 aliphatic carbocycles. The van der Waals surface area contributed by atoms with Crippen LogP contribution in [0.1, 0.15) is 0 Å². The molecule has 0 amide bonds. The van der Waals surface area contributed by atoms with Gasteiger partial charge in [-0.2, -0.15) is 0 Å². The molecule has 0 radical (unpaired) electrons. The van der Waals surface area contributed by atoms with Gasteiger partial charge in [0.1, 0.15) is 0 Å². The highest BCUT2D eigenvalue weighted by Crippen LogP contribution is 2.34. The molecule has 0 atom stereocenters. The highest BCUT2D eigenvalue weighted by atomic mass is 16.3. The van der Waals surface area contributed by atoms with Crippen molar-refractivity contribution in [2.45, 2.75) is 0 Å². The molecule has 0 saturated heterocycles. The summed E-state index contributed by atoms with van der Waals surface area (Å²) in [5, 5.41) is 31.0. The predicted molar refractivity (Wildman–Crippen MR) is 40.6 cm³/mol. The molecule has 6 N–H and O–H groups in total. The smallest absolute Gasteiger partial charge is 0.232 e. The van der Waals surface area contributed by atoms with Gasteiger partial charge in [0.15, 0.2) is 11.6 Å². The van der Waals surface area contributed by atoms with Crippen molar-refractivity contribution in [1.82, 2.24) is 4.98 Å². The summed E-state index contributed by atoms with van der Waals surface area (Å²) in [6.45, 7) is 0. The van der Waals surface area contributed by atoms with E-state index >= 15 is 0 Å². The van der Waals surface area contributed by atoms with Gasteiger partial charge in [0, 0.05) is 6.20 Å². The first-order chi connectivity index (χ1) is 5.61. The molecule has 0 bridgehead atoms. The monoisotopic (exact) mass is 169 g/mol. The lowest BCUT2D eigenvalue weighted by Crippen LogP contribution is -2.03. The van der Waals surface area contributed by atoms with E-state index in [1.807, 2.05) is 0 Å². The van der Waals surface area contributed by atoms with Gasteiger partial charge in [-0.25, -0.2) is 0 Å². The number of aromatic amines is 1. The zero-order chi connectivity index (χ0) is 9.14. The zero-order valence-corrected chi connectivity index (χ0v) is 5.94. The Morgan fingerprint density at radius 3 is 2.67 bits per heavy atom. The molecule has 1 rings (SSSR count). The van der Waals surface area contributed by atoms with Crippen molar-refractivity contribution in [2.75, 3.05) is 0 Å². The maximum Gasteiger partial charge on any atom is 0.232 e. The summed E-state index contributed by atoms with van der Waals surface area (Å²) in [6.07, 6.45) is 1.14. The van der Waals surface area contributed by atoms with Gasteiger partial charge in [0.25, 0.3) is 0 Å². The lowest BCUT2D eigenvalue weighted by Gasteiger charge is -1.87. The third kappa shape index (κ3) is 1.51. The first-order valence-corrected chi connectivity index (χ1v) is 2.96. The quantitative estimate of drug-likeness (QED) is 0.237. The van der Waals surface area contributed by atoms with Crippen LogP contribution in [0.25, 0.3) is 0 Å². The number of azo groups is 1. The van der Waals surface area contributed by atoms with Crippen LogP contribution >= 0.6 is 0 Å². The van der Waals surface area contributed by atoms with E-state index in [0.29, 0.717) is 0 Å². The minimum Gasteiger partial charge on any atom is -0.503 e. The predicted octanol–water partition coefficient (Wildman–Crippen LogP) is 0.403. The van der Waals surface area contributed by atoms with Crippen molar-refractivity contribution in [3.05, 3.63) is 6.20 Å². The fourth-order valence-corrected chi connectivity index (χ4v) is 0.575. The van der Waals surface area contributed by atoms with E-state index in [9.17, 15) is 0 Å². The first-order valence-electron chi connectivity index (χ1n) is 2.96. The van der Waals surface area contributed by atoms with Gasteiger partial charge >= 0.3 is 0 Å². The third-order valence-electron chi connectivity index (χ3n) is 1.07. The van der Waals surface area contributed by atoms with Crippen LogP contribution in [0, 0.1) is 5.41 Å². The summed E-state index contributed by atoms with van der Waals surface area (Å²) in [5.74, 6) is -1.27. The Balaban J connectivity index is 2.90. The van der Waals surface area contributed by atoms with Crippen molar-refractivity contribution in [3.63, 3.8) is 0 Å². The number of nitrogens with two attached hydrogens (primary N) is 1. The minimum atomic E-state index is -0.483. The highest BCUT2D eigenvalue weighted by molar-refractivity contribution is 5.75. The molecule has 7 nitrogen and oxygen atoms in total. The number of nitrogens with one attached hydrogen (secondary N) is 2. The van der Waals surface area contributed by atoms with E-state index in [4.69, 9.17) is 21.4 Å². The second-order valence-corrected chi connectivity index (χ2v) is 1.96. The average molecular weight is 169 g/mol. The maximum atomic E-state index is 9.00. The van der Waals surface area contributed by atoms with Gasteiger partial charge in [0.2, 0.25) is 11.7 Å². The van der Waals surface area contributed by atoms with Gasteiger partial charge in [-0.3, -0.25) is 5.41 Å². The topological polar surface area (TPSA) is 131 Å². The number of aromatic hydroxyl groups is 2. The molecule has 7 heteroatoms. The molecule has 1 aromatic heterocycles. The number of hydrogen-bond acceptors (Lipinski definition) is 4. The fourth-order valence-electron chi connectivity index (χ4n) is 0.575. The van der Waals surface area contributed by atoms with Crippen LogP contribution < -0.4 is 5.73 Å². The number of H-pyrrole nitrogens is 1. The van der Waals surface area contributed by atoms with E-state index < -0.39 is 11.7 Å². The first kappa shape index (κ1) is 8.05. The van der Waals surface area contributed by atoms with E-state index in [1.165, 1.54) is 0 Å². The zero-order valence-electron chi connectivity index (χ0n) is 5.94. The van der Waals surface area contributed by atoms with E-state index in [0.717, 1.165) is 6.20 Å². The molecule has 0 aromatic carbocycles. The van der Waals surface area contributed by atoms with Gasteiger partial charge < -0.3 is 20.9 Å². The second kappa shape index (κ2) is 2.91. The molecule has 0 unspecified atom stereocenters. The molecule has 0 aliphatic heterocycles. The summed E-state index contributed by atoms with van der Waals surface area (Å²) in [6, 6.07) is 0. The van der Waals surface area contributed by atoms with E-state index in [2.05, 4.69) is 15.2 Å². The molecule has 1 aromatic rings. The largest absolute Gasteiger partial charge is 0.503 e. The molecule has 12 heavy (non-hydrogen) atoms. The molecule has 0 fully saturated rings. The Kier molecular flexibility index (Phi) is 1.95. The molecule has 1 heterocycles. The Bertz CT molecular complexity index is 329. The van der Waals surface area contributed by atoms with Gasteiger partial charge in [-0.15, -0.1) is 10.2 Å². The second-order valence-electron chi connectivity index (χ2n) is 1.96. The number of nitrogens with zero attached hydrogens (tertiary/aromatic N) is 2. The van der Waals surface area contributed by atoms with Crippen LogP contribution in [-0.2, 0) is 0 Å². The fraction of sp³-hybridized carbons (Fsp3) is 0. The standard InChI is InChI=1S/C5H7N5O2/c6-5(7)10-9-4-3(12)2(11)1-8-4/h1,8,11-12H,(H3,6,7). The SMILES string of the molecule is N=C(N)N=Nc1[nH]cc(O)c1O.